The van der Waals surface area contributed by atoms with Gasteiger partial charge in [-0.05, 0) is 141 Å². The SMILES string of the molecule is CC(=O)Nc1ccc(C23CC4CC(C2)CC(C25CC6CC(CC(C6)C2)C5)(C4)C3)cc1. The van der Waals surface area contributed by atoms with Crippen LogP contribution in [0.2, 0.25) is 0 Å². The Hall–Kier alpha value is -1.31. The topological polar surface area (TPSA) is 29.1 Å². The third-order valence-corrected chi connectivity index (χ3v) is 11.0. The Kier molecular flexibility index (Phi) is 3.61. The number of carbonyl (C=O) groups is 1. The molecule has 2 unspecified atom stereocenters. The highest BCUT2D eigenvalue weighted by molar-refractivity contribution is 5.88. The largest absolute Gasteiger partial charge is 0.326 e. The first-order valence-corrected chi connectivity index (χ1v) is 12.8. The van der Waals surface area contributed by atoms with Gasteiger partial charge in [-0.3, -0.25) is 4.79 Å². The lowest BCUT2D eigenvalue weighted by Gasteiger charge is -2.72. The summed E-state index contributed by atoms with van der Waals surface area (Å²) in [4.78, 5) is 11.5. The van der Waals surface area contributed by atoms with Crippen LogP contribution in [0.1, 0.15) is 89.5 Å². The molecule has 1 N–H and O–H groups in total. The van der Waals surface area contributed by atoms with Gasteiger partial charge in [0.15, 0.2) is 0 Å². The fraction of sp³-hybridized carbons (Fsp3) is 0.750. The number of nitrogens with one attached hydrogen (secondary N) is 1. The van der Waals surface area contributed by atoms with Crippen molar-refractivity contribution in [3.05, 3.63) is 29.8 Å². The fourth-order valence-corrected chi connectivity index (χ4v) is 11.1. The van der Waals surface area contributed by atoms with Gasteiger partial charge < -0.3 is 5.32 Å². The number of benzene rings is 1. The van der Waals surface area contributed by atoms with Crippen LogP contribution in [0, 0.1) is 40.4 Å². The van der Waals surface area contributed by atoms with Crippen molar-refractivity contribution >= 4 is 11.6 Å². The molecular weight excluding hydrogens is 366 g/mol. The quantitative estimate of drug-likeness (QED) is 0.598. The molecule has 2 atom stereocenters. The number of amides is 1. The van der Waals surface area contributed by atoms with Crippen molar-refractivity contribution in [2.24, 2.45) is 40.4 Å². The average Bonchev–Trinajstić information content (AvgIpc) is 2.66. The summed E-state index contributed by atoms with van der Waals surface area (Å²) in [6, 6.07) is 9.05. The molecule has 1 amide bonds. The number of hydrogen-bond acceptors (Lipinski definition) is 1. The van der Waals surface area contributed by atoms with Crippen molar-refractivity contribution in [3.8, 4) is 0 Å². The molecule has 0 spiro atoms. The van der Waals surface area contributed by atoms with Crippen molar-refractivity contribution in [1.29, 1.82) is 0 Å². The Balaban J connectivity index is 1.26. The predicted octanol–water partition coefficient (Wildman–Crippen LogP) is 6.70. The normalized spacial score (nSPS) is 50.1. The third kappa shape index (κ3) is 2.46. The van der Waals surface area contributed by atoms with E-state index in [4.69, 9.17) is 0 Å². The first-order valence-electron chi connectivity index (χ1n) is 12.8. The van der Waals surface area contributed by atoms with Crippen LogP contribution in [0.25, 0.3) is 0 Å². The lowest BCUT2D eigenvalue weighted by Crippen LogP contribution is -2.63. The molecule has 0 heterocycles. The van der Waals surface area contributed by atoms with E-state index in [2.05, 4.69) is 29.6 Å². The second kappa shape index (κ2) is 5.93. The zero-order valence-corrected chi connectivity index (χ0v) is 18.6. The molecule has 0 radical (unpaired) electrons. The minimum Gasteiger partial charge on any atom is -0.326 e. The van der Waals surface area contributed by atoms with Crippen LogP contribution < -0.4 is 5.32 Å². The molecule has 0 saturated heterocycles. The van der Waals surface area contributed by atoms with E-state index in [1.165, 1.54) is 25.7 Å². The fourth-order valence-electron chi connectivity index (χ4n) is 11.1. The molecule has 8 aliphatic carbocycles. The van der Waals surface area contributed by atoms with Crippen molar-refractivity contribution < 1.29 is 4.79 Å². The lowest BCUT2D eigenvalue weighted by molar-refractivity contribution is -0.205. The minimum atomic E-state index is 0.0262. The Bertz CT molecular complexity index is 833. The van der Waals surface area contributed by atoms with Gasteiger partial charge in [-0.1, -0.05) is 12.1 Å². The summed E-state index contributed by atoms with van der Waals surface area (Å²) in [6.45, 7) is 1.60. The molecule has 160 valence electrons. The van der Waals surface area contributed by atoms with Crippen LogP contribution in [0.4, 0.5) is 5.69 Å². The predicted molar refractivity (Wildman–Crippen MR) is 120 cm³/mol. The molecule has 1 aromatic rings. The van der Waals surface area contributed by atoms with Gasteiger partial charge in [0, 0.05) is 12.6 Å². The first-order chi connectivity index (χ1) is 14.4. The summed E-state index contributed by atoms with van der Waals surface area (Å²) < 4.78 is 0. The van der Waals surface area contributed by atoms with Crippen molar-refractivity contribution in [3.63, 3.8) is 0 Å². The molecule has 2 heteroatoms. The Morgan fingerprint density at radius 3 is 1.77 bits per heavy atom. The molecule has 30 heavy (non-hydrogen) atoms. The second-order valence-corrected chi connectivity index (χ2v) is 13.0. The van der Waals surface area contributed by atoms with E-state index in [1.54, 1.807) is 63.9 Å². The maximum atomic E-state index is 11.5. The zero-order chi connectivity index (χ0) is 20.1. The summed E-state index contributed by atoms with van der Waals surface area (Å²) >= 11 is 0. The van der Waals surface area contributed by atoms with Crippen LogP contribution in [-0.4, -0.2) is 5.91 Å². The van der Waals surface area contributed by atoms with Crippen molar-refractivity contribution in [2.45, 2.75) is 89.4 Å². The van der Waals surface area contributed by atoms with Crippen LogP contribution >= 0.6 is 0 Å². The van der Waals surface area contributed by atoms with E-state index in [-0.39, 0.29) is 5.91 Å². The summed E-state index contributed by atoms with van der Waals surface area (Å²) in [5.41, 5.74) is 4.29. The maximum Gasteiger partial charge on any atom is 0.221 e. The highest BCUT2D eigenvalue weighted by Crippen LogP contribution is 2.77. The molecule has 8 aliphatic rings. The van der Waals surface area contributed by atoms with Crippen LogP contribution in [0.3, 0.4) is 0 Å². The molecule has 2 nitrogen and oxygen atoms in total. The standard InChI is InChI=1S/C28H37NO/c1-18(30)29-25-4-2-24(3-5-25)26-10-22-9-23(11-26)16-28(15-22,17-26)27-12-19-6-20(13-27)8-21(7-19)14-27/h2-5,19-23H,6-17H2,1H3,(H,29,30). The van der Waals surface area contributed by atoms with Crippen molar-refractivity contribution in [2.75, 3.05) is 5.32 Å². The van der Waals surface area contributed by atoms with Gasteiger partial charge in [0.05, 0.1) is 0 Å². The molecule has 0 aromatic heterocycles. The minimum absolute atomic E-state index is 0.0262. The smallest absolute Gasteiger partial charge is 0.221 e. The lowest BCUT2D eigenvalue weighted by atomic mass is 9.32. The van der Waals surface area contributed by atoms with Gasteiger partial charge in [-0.15, -0.1) is 0 Å². The van der Waals surface area contributed by atoms with Gasteiger partial charge in [-0.2, -0.15) is 0 Å². The van der Waals surface area contributed by atoms with Crippen LogP contribution in [-0.2, 0) is 10.2 Å². The van der Waals surface area contributed by atoms with Crippen LogP contribution in [0.5, 0.6) is 0 Å². The molecular formula is C28H37NO. The van der Waals surface area contributed by atoms with Gasteiger partial charge in [0.25, 0.3) is 0 Å². The first kappa shape index (κ1) is 18.3. The third-order valence-electron chi connectivity index (χ3n) is 11.0. The van der Waals surface area contributed by atoms with Crippen LogP contribution in [0.15, 0.2) is 24.3 Å². The van der Waals surface area contributed by atoms with E-state index in [0.29, 0.717) is 16.2 Å². The van der Waals surface area contributed by atoms with Gasteiger partial charge >= 0.3 is 0 Å². The molecule has 9 rings (SSSR count). The Labute approximate surface area is 181 Å². The maximum absolute atomic E-state index is 11.5. The molecule has 0 aliphatic heterocycles. The number of anilines is 1. The van der Waals surface area contributed by atoms with Crippen molar-refractivity contribution in [1.82, 2.24) is 0 Å². The molecule has 8 saturated carbocycles. The average molecular weight is 404 g/mol. The summed E-state index contributed by atoms with van der Waals surface area (Å²) in [7, 11) is 0. The van der Waals surface area contributed by atoms with E-state index < -0.39 is 0 Å². The number of carbonyl (C=O) groups excluding carboxylic acids is 1. The van der Waals surface area contributed by atoms with Gasteiger partial charge in [-0.25, -0.2) is 0 Å². The second-order valence-electron chi connectivity index (χ2n) is 13.0. The summed E-state index contributed by atoms with van der Waals surface area (Å²) in [6.07, 6.45) is 18.4. The Morgan fingerprint density at radius 1 is 0.733 bits per heavy atom. The summed E-state index contributed by atoms with van der Waals surface area (Å²) in [5.74, 6) is 5.16. The number of hydrogen-bond donors (Lipinski definition) is 1. The van der Waals surface area contributed by atoms with E-state index in [9.17, 15) is 4.79 Å². The molecule has 8 bridgehead atoms. The molecule has 8 fully saturated rings. The van der Waals surface area contributed by atoms with E-state index in [1.807, 2.05) is 0 Å². The van der Waals surface area contributed by atoms with Gasteiger partial charge in [0.1, 0.15) is 0 Å². The molecule has 1 aromatic carbocycles. The summed E-state index contributed by atoms with van der Waals surface area (Å²) in [5, 5.41) is 2.96. The zero-order valence-electron chi connectivity index (χ0n) is 18.6. The van der Waals surface area contributed by atoms with Gasteiger partial charge in [0.2, 0.25) is 5.91 Å². The van der Waals surface area contributed by atoms with E-state index in [0.717, 1.165) is 35.3 Å². The highest BCUT2D eigenvalue weighted by atomic mass is 16.1. The monoisotopic (exact) mass is 403 g/mol. The Morgan fingerprint density at radius 2 is 1.23 bits per heavy atom. The number of rotatable bonds is 3. The van der Waals surface area contributed by atoms with E-state index >= 15 is 0 Å². The highest BCUT2D eigenvalue weighted by Gasteiger charge is 2.67.